The van der Waals surface area contributed by atoms with Gasteiger partial charge in [0.1, 0.15) is 5.82 Å². The molecule has 3 rings (SSSR count). The van der Waals surface area contributed by atoms with E-state index in [0.717, 1.165) is 10.7 Å². The number of nitrogens with zero attached hydrogens (tertiary/aromatic N) is 2. The van der Waals surface area contributed by atoms with Crippen molar-refractivity contribution in [2.45, 2.75) is 12.5 Å². The lowest BCUT2D eigenvalue weighted by atomic mass is 10.0. The summed E-state index contributed by atoms with van der Waals surface area (Å²) in [7, 11) is 0. The molecular formula is C13H11ClFN3S. The number of thiazole rings is 1. The SMILES string of the molecule is NC(Cc1cn2ccsc2n1)c1cccc(Cl)c1F. The molecule has 19 heavy (non-hydrogen) atoms. The van der Waals surface area contributed by atoms with E-state index in [-0.39, 0.29) is 5.02 Å². The number of hydrogen-bond donors (Lipinski definition) is 1. The van der Waals surface area contributed by atoms with Crippen LogP contribution in [0.1, 0.15) is 17.3 Å². The molecule has 0 amide bonds. The van der Waals surface area contributed by atoms with Gasteiger partial charge >= 0.3 is 0 Å². The van der Waals surface area contributed by atoms with Crippen molar-refractivity contribution in [1.29, 1.82) is 0 Å². The predicted molar refractivity (Wildman–Crippen MR) is 75.1 cm³/mol. The molecule has 0 saturated carbocycles. The number of halogens is 2. The van der Waals surface area contributed by atoms with Crippen LogP contribution >= 0.6 is 22.9 Å². The second-order valence-electron chi connectivity index (χ2n) is 4.28. The maximum absolute atomic E-state index is 13.9. The topological polar surface area (TPSA) is 43.3 Å². The van der Waals surface area contributed by atoms with Gasteiger partial charge in [0.25, 0.3) is 0 Å². The van der Waals surface area contributed by atoms with E-state index < -0.39 is 11.9 Å². The minimum Gasteiger partial charge on any atom is -0.324 e. The maximum atomic E-state index is 13.9. The van der Waals surface area contributed by atoms with E-state index in [2.05, 4.69) is 4.98 Å². The molecule has 3 nitrogen and oxygen atoms in total. The average Bonchev–Trinajstić information content (AvgIpc) is 2.93. The lowest BCUT2D eigenvalue weighted by Gasteiger charge is -2.12. The Morgan fingerprint density at radius 1 is 1.47 bits per heavy atom. The standard InChI is InChI=1S/C13H11ClFN3S/c14-10-3-1-2-9(12(10)15)11(16)6-8-7-18-4-5-19-13(18)17-8/h1-5,7,11H,6,16H2. The van der Waals surface area contributed by atoms with E-state index in [0.29, 0.717) is 12.0 Å². The molecule has 0 spiro atoms. The largest absolute Gasteiger partial charge is 0.324 e. The van der Waals surface area contributed by atoms with Crippen LogP contribution in [-0.2, 0) is 6.42 Å². The van der Waals surface area contributed by atoms with Crippen molar-refractivity contribution in [3.63, 3.8) is 0 Å². The first-order valence-corrected chi connectivity index (χ1v) is 7.01. The van der Waals surface area contributed by atoms with Gasteiger partial charge in [0.15, 0.2) is 4.96 Å². The van der Waals surface area contributed by atoms with Crippen LogP contribution in [0.4, 0.5) is 4.39 Å². The van der Waals surface area contributed by atoms with Gasteiger partial charge in [-0.2, -0.15) is 0 Å². The van der Waals surface area contributed by atoms with Crippen molar-refractivity contribution in [3.05, 3.63) is 58.1 Å². The molecule has 1 atom stereocenters. The quantitative estimate of drug-likeness (QED) is 0.804. The maximum Gasteiger partial charge on any atom is 0.193 e. The summed E-state index contributed by atoms with van der Waals surface area (Å²) in [5.74, 6) is -0.447. The molecule has 98 valence electrons. The van der Waals surface area contributed by atoms with Gasteiger partial charge in [0, 0.05) is 35.8 Å². The van der Waals surface area contributed by atoms with Gasteiger partial charge < -0.3 is 5.73 Å². The van der Waals surface area contributed by atoms with Crippen LogP contribution in [0, 0.1) is 5.82 Å². The average molecular weight is 296 g/mol. The Morgan fingerprint density at radius 3 is 3.11 bits per heavy atom. The molecule has 0 saturated heterocycles. The van der Waals surface area contributed by atoms with Crippen LogP contribution in [0.25, 0.3) is 4.96 Å². The van der Waals surface area contributed by atoms with Gasteiger partial charge in [-0.1, -0.05) is 23.7 Å². The third-order valence-corrected chi connectivity index (χ3v) is 4.02. The number of benzene rings is 1. The fourth-order valence-corrected chi connectivity index (χ4v) is 2.92. The number of hydrogen-bond acceptors (Lipinski definition) is 3. The minimum atomic E-state index is -0.455. The zero-order valence-electron chi connectivity index (χ0n) is 9.88. The summed E-state index contributed by atoms with van der Waals surface area (Å²) >= 11 is 7.31. The highest BCUT2D eigenvalue weighted by molar-refractivity contribution is 7.15. The van der Waals surface area contributed by atoms with Crippen LogP contribution in [0.2, 0.25) is 5.02 Å². The lowest BCUT2D eigenvalue weighted by Crippen LogP contribution is -2.15. The van der Waals surface area contributed by atoms with Crippen molar-refractivity contribution in [1.82, 2.24) is 9.38 Å². The summed E-state index contributed by atoms with van der Waals surface area (Å²) in [5, 5.41) is 2.06. The number of imidazole rings is 1. The minimum absolute atomic E-state index is 0.0961. The number of rotatable bonds is 3. The van der Waals surface area contributed by atoms with Gasteiger partial charge in [0.2, 0.25) is 0 Å². The monoisotopic (exact) mass is 295 g/mol. The smallest absolute Gasteiger partial charge is 0.193 e. The van der Waals surface area contributed by atoms with Crippen molar-refractivity contribution >= 4 is 27.9 Å². The summed E-state index contributed by atoms with van der Waals surface area (Å²) in [6, 6.07) is 4.42. The van der Waals surface area contributed by atoms with Crippen LogP contribution in [0.3, 0.4) is 0 Å². The fourth-order valence-electron chi connectivity index (χ4n) is 2.02. The third kappa shape index (κ3) is 2.36. The summed E-state index contributed by atoms with van der Waals surface area (Å²) in [4.78, 5) is 5.35. The molecule has 0 aliphatic rings. The van der Waals surface area contributed by atoms with Gasteiger partial charge in [-0.3, -0.25) is 4.40 Å². The molecular weight excluding hydrogens is 285 g/mol. The Morgan fingerprint density at radius 2 is 2.32 bits per heavy atom. The summed E-state index contributed by atoms with van der Waals surface area (Å²) in [5.41, 5.74) is 7.31. The first-order chi connectivity index (χ1) is 9.15. The van der Waals surface area contributed by atoms with E-state index in [1.54, 1.807) is 23.5 Å². The van der Waals surface area contributed by atoms with Crippen LogP contribution in [0.5, 0.6) is 0 Å². The first-order valence-electron chi connectivity index (χ1n) is 5.75. The van der Waals surface area contributed by atoms with Gasteiger partial charge in [-0.15, -0.1) is 11.3 Å². The zero-order valence-corrected chi connectivity index (χ0v) is 11.5. The van der Waals surface area contributed by atoms with Gasteiger partial charge in [-0.25, -0.2) is 9.37 Å². The van der Waals surface area contributed by atoms with Gasteiger partial charge in [0.05, 0.1) is 10.7 Å². The van der Waals surface area contributed by atoms with Crippen molar-refractivity contribution in [2.24, 2.45) is 5.73 Å². The second-order valence-corrected chi connectivity index (χ2v) is 5.56. The molecule has 2 N–H and O–H groups in total. The zero-order chi connectivity index (χ0) is 13.4. The fraction of sp³-hybridized carbons (Fsp3) is 0.154. The third-order valence-electron chi connectivity index (χ3n) is 2.95. The Labute approximate surface area is 118 Å². The molecule has 1 unspecified atom stereocenters. The molecule has 0 fully saturated rings. The molecule has 2 aromatic heterocycles. The molecule has 3 aromatic rings. The van der Waals surface area contributed by atoms with Crippen LogP contribution in [-0.4, -0.2) is 9.38 Å². The van der Waals surface area contributed by atoms with Crippen LogP contribution in [0.15, 0.2) is 36.0 Å². The molecule has 0 bridgehead atoms. The van der Waals surface area contributed by atoms with E-state index in [1.807, 2.05) is 22.2 Å². The van der Waals surface area contributed by atoms with E-state index in [1.165, 1.54) is 6.07 Å². The molecule has 0 aliphatic heterocycles. The van der Waals surface area contributed by atoms with Crippen LogP contribution < -0.4 is 5.73 Å². The van der Waals surface area contributed by atoms with Crippen molar-refractivity contribution in [3.8, 4) is 0 Å². The van der Waals surface area contributed by atoms with Gasteiger partial charge in [-0.05, 0) is 6.07 Å². The summed E-state index contributed by atoms with van der Waals surface area (Å²) < 4.78 is 15.8. The van der Waals surface area contributed by atoms with E-state index in [4.69, 9.17) is 17.3 Å². The highest BCUT2D eigenvalue weighted by atomic mass is 35.5. The molecule has 0 aliphatic carbocycles. The Bertz CT molecular complexity index is 693. The number of aromatic nitrogens is 2. The van der Waals surface area contributed by atoms with E-state index in [9.17, 15) is 4.39 Å². The highest BCUT2D eigenvalue weighted by Gasteiger charge is 2.15. The Kier molecular flexibility index (Phi) is 3.26. The normalized spacial score (nSPS) is 13.0. The second kappa shape index (κ2) is 4.92. The summed E-state index contributed by atoms with van der Waals surface area (Å²) in [6.07, 6.45) is 4.32. The summed E-state index contributed by atoms with van der Waals surface area (Å²) in [6.45, 7) is 0. The highest BCUT2D eigenvalue weighted by Crippen LogP contribution is 2.24. The number of nitrogens with two attached hydrogens (primary N) is 1. The van der Waals surface area contributed by atoms with Crippen molar-refractivity contribution < 1.29 is 4.39 Å². The Hall–Kier alpha value is -1.43. The Balaban J connectivity index is 1.86. The molecule has 6 heteroatoms. The molecule has 0 radical (unpaired) electrons. The first kappa shape index (κ1) is 12.6. The predicted octanol–water partition coefficient (Wildman–Crippen LogP) is 3.43. The molecule has 2 heterocycles. The molecule has 1 aromatic carbocycles. The van der Waals surface area contributed by atoms with Crippen molar-refractivity contribution in [2.75, 3.05) is 0 Å². The lowest BCUT2D eigenvalue weighted by molar-refractivity contribution is 0.579. The number of fused-ring (bicyclic) bond motifs is 1. The van der Waals surface area contributed by atoms with E-state index >= 15 is 0 Å².